The molecule has 0 aliphatic heterocycles. The fraction of sp³-hybridized carbons (Fsp3) is 0.227. The number of phenolic OH excluding ortho intramolecular Hbond substituents is 1. The second kappa shape index (κ2) is 11.5. The number of allylic oxidation sites excluding steroid dienone is 1. The number of hydrogen-bond donors (Lipinski definition) is 1. The lowest BCUT2D eigenvalue weighted by atomic mass is 10.1. The first-order chi connectivity index (χ1) is 14.1. The van der Waals surface area contributed by atoms with Crippen LogP contribution in [0.2, 0.25) is 0 Å². The largest absolute Gasteiger partial charge is 0.507 e. The predicted octanol–water partition coefficient (Wildman–Crippen LogP) is 3.82. The van der Waals surface area contributed by atoms with Gasteiger partial charge in [-0.25, -0.2) is 0 Å². The van der Waals surface area contributed by atoms with Crippen molar-refractivity contribution in [2.45, 2.75) is 0 Å². The maximum atomic E-state index is 12.5. The van der Waals surface area contributed by atoms with Crippen molar-refractivity contribution in [1.82, 2.24) is 0 Å². The Hall–Kier alpha value is -3.29. The normalized spacial score (nSPS) is 10.7. The maximum absolute atomic E-state index is 12.5. The summed E-state index contributed by atoms with van der Waals surface area (Å²) in [7, 11) is 2.97. The van der Waals surface area contributed by atoms with Crippen molar-refractivity contribution in [1.29, 1.82) is 0 Å². The number of methoxy groups -OCH3 is 2. The lowest BCUT2D eigenvalue weighted by Crippen LogP contribution is -2.03. The third kappa shape index (κ3) is 6.67. The van der Waals surface area contributed by atoms with Gasteiger partial charge >= 0.3 is 0 Å². The third-order valence-corrected chi connectivity index (χ3v) is 3.68. The number of benzene rings is 2. The van der Waals surface area contributed by atoms with E-state index in [1.165, 1.54) is 32.4 Å². The molecular formula is C22H24O7. The smallest absolute Gasteiger partial charge is 0.188 e. The van der Waals surface area contributed by atoms with Gasteiger partial charge in [0.25, 0.3) is 0 Å². The summed E-state index contributed by atoms with van der Waals surface area (Å²) in [5, 5.41) is 10.3. The minimum absolute atomic E-state index is 0.0172. The lowest BCUT2D eigenvalue weighted by Gasteiger charge is -2.13. The van der Waals surface area contributed by atoms with Crippen LogP contribution in [0.4, 0.5) is 0 Å². The average molecular weight is 400 g/mol. The van der Waals surface area contributed by atoms with E-state index in [-0.39, 0.29) is 25.1 Å². The Kier molecular flexibility index (Phi) is 8.75. The molecule has 1 N–H and O–H groups in total. The van der Waals surface area contributed by atoms with Gasteiger partial charge in [0.2, 0.25) is 0 Å². The van der Waals surface area contributed by atoms with E-state index < -0.39 is 0 Å². The Morgan fingerprint density at radius 3 is 2.34 bits per heavy atom. The zero-order valence-corrected chi connectivity index (χ0v) is 16.4. The fourth-order valence-electron chi connectivity index (χ4n) is 2.33. The van der Waals surface area contributed by atoms with Crippen molar-refractivity contribution in [3.63, 3.8) is 0 Å². The summed E-state index contributed by atoms with van der Waals surface area (Å²) in [4.78, 5) is 12.5. The minimum Gasteiger partial charge on any atom is -0.507 e. The molecule has 29 heavy (non-hydrogen) atoms. The standard InChI is InChI=1S/C22H24O7/c1-4-11-27-17-7-5-16(6-8-17)20(23)10-9-19-21(24)12-18(28-14-25-2)13-22(19)29-15-26-3/h4-10,12-13,24H,1,11,14-15H2,2-3H3/b10-9+. The van der Waals surface area contributed by atoms with Crippen LogP contribution in [0.25, 0.3) is 6.08 Å². The Labute approximate surface area is 169 Å². The van der Waals surface area contributed by atoms with Gasteiger partial charge in [0.15, 0.2) is 19.4 Å². The molecule has 7 heteroatoms. The zero-order valence-electron chi connectivity index (χ0n) is 16.4. The highest BCUT2D eigenvalue weighted by atomic mass is 16.7. The molecule has 0 fully saturated rings. The summed E-state index contributed by atoms with van der Waals surface area (Å²) in [6, 6.07) is 9.72. The van der Waals surface area contributed by atoms with E-state index in [9.17, 15) is 9.90 Å². The Bertz CT molecular complexity index is 841. The first-order valence-corrected chi connectivity index (χ1v) is 8.75. The van der Waals surface area contributed by atoms with Crippen LogP contribution >= 0.6 is 0 Å². The number of hydrogen-bond acceptors (Lipinski definition) is 7. The molecule has 0 unspecified atom stereocenters. The summed E-state index contributed by atoms with van der Waals surface area (Å²) < 4.78 is 26.0. The van der Waals surface area contributed by atoms with Crippen molar-refractivity contribution < 1.29 is 33.6 Å². The lowest BCUT2D eigenvalue weighted by molar-refractivity contribution is 0.0457. The van der Waals surface area contributed by atoms with Crippen molar-refractivity contribution in [3.05, 3.63) is 66.3 Å². The predicted molar refractivity (Wildman–Crippen MR) is 109 cm³/mol. The molecule has 0 aromatic heterocycles. The SMILES string of the molecule is C=CCOc1ccc(C(=O)/C=C/c2c(O)cc(OCOC)cc2OCOC)cc1. The molecule has 0 atom stereocenters. The van der Waals surface area contributed by atoms with E-state index in [0.29, 0.717) is 35.0 Å². The molecule has 0 aliphatic rings. The molecule has 0 radical (unpaired) electrons. The number of aromatic hydroxyl groups is 1. The summed E-state index contributed by atoms with van der Waals surface area (Å²) in [5.74, 6) is 0.952. The minimum atomic E-state index is -0.239. The molecule has 2 aromatic rings. The van der Waals surface area contributed by atoms with Gasteiger partial charge < -0.3 is 28.8 Å². The number of carbonyl (C=O) groups excluding carboxylic acids is 1. The van der Waals surface area contributed by atoms with Gasteiger partial charge in [-0.3, -0.25) is 4.79 Å². The van der Waals surface area contributed by atoms with E-state index in [1.807, 2.05) is 0 Å². The molecule has 154 valence electrons. The monoisotopic (exact) mass is 400 g/mol. The van der Waals surface area contributed by atoms with Gasteiger partial charge in [-0.05, 0) is 36.4 Å². The van der Waals surface area contributed by atoms with Crippen molar-refractivity contribution in [2.24, 2.45) is 0 Å². The van der Waals surface area contributed by atoms with Crippen LogP contribution in [-0.4, -0.2) is 45.3 Å². The number of carbonyl (C=O) groups is 1. The highest BCUT2D eigenvalue weighted by Crippen LogP contribution is 2.34. The fourth-order valence-corrected chi connectivity index (χ4v) is 2.33. The van der Waals surface area contributed by atoms with Gasteiger partial charge in [0.05, 0.1) is 5.56 Å². The first-order valence-electron chi connectivity index (χ1n) is 8.75. The molecule has 0 aliphatic carbocycles. The maximum Gasteiger partial charge on any atom is 0.188 e. The molecule has 0 saturated carbocycles. The molecule has 0 amide bonds. The van der Waals surface area contributed by atoms with E-state index in [0.717, 1.165) is 0 Å². The van der Waals surface area contributed by atoms with Gasteiger partial charge in [0.1, 0.15) is 29.6 Å². The summed E-state index contributed by atoms with van der Waals surface area (Å²) in [6.07, 6.45) is 4.47. The van der Waals surface area contributed by atoms with Crippen LogP contribution < -0.4 is 14.2 Å². The number of phenols is 1. The third-order valence-electron chi connectivity index (χ3n) is 3.68. The van der Waals surface area contributed by atoms with E-state index in [1.54, 1.807) is 36.4 Å². The number of ketones is 1. The van der Waals surface area contributed by atoms with Crippen LogP contribution in [0.3, 0.4) is 0 Å². The Balaban J connectivity index is 2.20. The summed E-state index contributed by atoms with van der Waals surface area (Å²) in [5.41, 5.74) is 0.803. The summed E-state index contributed by atoms with van der Waals surface area (Å²) in [6.45, 7) is 3.96. The molecule has 2 rings (SSSR count). The molecule has 2 aromatic carbocycles. The van der Waals surface area contributed by atoms with Gasteiger partial charge in [0, 0.05) is 31.9 Å². The average Bonchev–Trinajstić information content (AvgIpc) is 2.74. The molecule has 0 bridgehead atoms. The van der Waals surface area contributed by atoms with Crippen LogP contribution in [-0.2, 0) is 9.47 Å². The first kappa shape index (κ1) is 22.0. The second-order valence-electron chi connectivity index (χ2n) is 5.78. The molecule has 0 spiro atoms. The quantitative estimate of drug-likeness (QED) is 0.251. The summed E-state index contributed by atoms with van der Waals surface area (Å²) >= 11 is 0. The molecule has 7 nitrogen and oxygen atoms in total. The van der Waals surface area contributed by atoms with Gasteiger partial charge in [-0.15, -0.1) is 0 Å². The van der Waals surface area contributed by atoms with Crippen LogP contribution in [0, 0.1) is 0 Å². The van der Waals surface area contributed by atoms with Crippen molar-refractivity contribution >= 4 is 11.9 Å². The molecule has 0 saturated heterocycles. The van der Waals surface area contributed by atoms with Crippen LogP contribution in [0.15, 0.2) is 55.1 Å². The zero-order chi connectivity index (χ0) is 21.1. The molecular weight excluding hydrogens is 376 g/mol. The van der Waals surface area contributed by atoms with Crippen molar-refractivity contribution in [2.75, 3.05) is 34.4 Å². The van der Waals surface area contributed by atoms with E-state index >= 15 is 0 Å². The van der Waals surface area contributed by atoms with E-state index in [2.05, 4.69) is 6.58 Å². The highest BCUT2D eigenvalue weighted by molar-refractivity contribution is 6.07. The Morgan fingerprint density at radius 2 is 1.69 bits per heavy atom. The number of ether oxygens (including phenoxy) is 5. The molecule has 0 heterocycles. The topological polar surface area (TPSA) is 83.5 Å². The van der Waals surface area contributed by atoms with Crippen LogP contribution in [0.1, 0.15) is 15.9 Å². The Morgan fingerprint density at radius 1 is 1.00 bits per heavy atom. The number of rotatable bonds is 12. The van der Waals surface area contributed by atoms with Gasteiger partial charge in [-0.2, -0.15) is 0 Å². The highest BCUT2D eigenvalue weighted by Gasteiger charge is 2.12. The van der Waals surface area contributed by atoms with Crippen LogP contribution in [0.5, 0.6) is 23.0 Å². The van der Waals surface area contributed by atoms with E-state index in [4.69, 9.17) is 23.7 Å². The van der Waals surface area contributed by atoms with Gasteiger partial charge in [-0.1, -0.05) is 12.7 Å². The second-order valence-corrected chi connectivity index (χ2v) is 5.78. The van der Waals surface area contributed by atoms with Crippen molar-refractivity contribution in [3.8, 4) is 23.0 Å².